The Morgan fingerprint density at radius 3 is 2.45 bits per heavy atom. The maximum absolute atomic E-state index is 12.2. The van der Waals surface area contributed by atoms with E-state index in [0.29, 0.717) is 25.0 Å². The molecule has 2 aliphatic heterocycles. The summed E-state index contributed by atoms with van der Waals surface area (Å²) in [6.07, 6.45) is 5.88. The molecule has 0 aliphatic carbocycles. The Labute approximate surface area is 122 Å². The Kier molecular flexibility index (Phi) is 5.42. The lowest BCUT2D eigenvalue weighted by Crippen LogP contribution is -2.56. The molecule has 2 saturated heterocycles. The largest absolute Gasteiger partial charge is 0.396 e. The van der Waals surface area contributed by atoms with Gasteiger partial charge in [0.05, 0.1) is 0 Å². The van der Waals surface area contributed by atoms with Gasteiger partial charge in [0.2, 0.25) is 0 Å². The predicted octanol–water partition coefficient (Wildman–Crippen LogP) is 0.150. The molecule has 2 bridgehead atoms. The van der Waals surface area contributed by atoms with Crippen molar-refractivity contribution in [3.05, 3.63) is 0 Å². The fourth-order valence-corrected chi connectivity index (χ4v) is 4.59. The fraction of sp³-hybridized carbons (Fsp3) is 1.00. The van der Waals surface area contributed by atoms with E-state index < -0.39 is 10.2 Å². The lowest BCUT2D eigenvalue weighted by atomic mass is 9.83. The molecule has 0 saturated carbocycles. The molecule has 0 aromatic rings. The van der Waals surface area contributed by atoms with Crippen molar-refractivity contribution in [2.24, 2.45) is 0 Å². The summed E-state index contributed by atoms with van der Waals surface area (Å²) in [6.45, 7) is 0.365. The van der Waals surface area contributed by atoms with Crippen LogP contribution < -0.4 is 4.72 Å². The maximum atomic E-state index is 12.2. The average Bonchev–Trinajstić information content (AvgIpc) is 2.36. The molecular formula is C13H27N3O3S. The number of aliphatic hydroxyl groups excluding tert-OH is 1. The number of hydrogen-bond acceptors (Lipinski definition) is 4. The third-order valence-corrected chi connectivity index (χ3v) is 6.33. The first kappa shape index (κ1) is 16.2. The van der Waals surface area contributed by atoms with Gasteiger partial charge in [-0.3, -0.25) is 0 Å². The van der Waals surface area contributed by atoms with Gasteiger partial charge in [0, 0.05) is 38.3 Å². The van der Waals surface area contributed by atoms with E-state index in [2.05, 4.69) is 16.7 Å². The second kappa shape index (κ2) is 6.70. The Balaban J connectivity index is 1.93. The van der Waals surface area contributed by atoms with E-state index >= 15 is 0 Å². The van der Waals surface area contributed by atoms with Crippen molar-refractivity contribution < 1.29 is 13.5 Å². The third-order valence-electron chi connectivity index (χ3n) is 4.70. The Bertz CT molecular complexity index is 401. The number of nitrogens with zero attached hydrogens (tertiary/aromatic N) is 2. The summed E-state index contributed by atoms with van der Waals surface area (Å²) in [5.74, 6) is 0. The van der Waals surface area contributed by atoms with Gasteiger partial charge < -0.3 is 10.0 Å². The molecule has 0 spiro atoms. The molecule has 2 unspecified atom stereocenters. The van der Waals surface area contributed by atoms with Crippen LogP contribution in [0.1, 0.15) is 38.5 Å². The molecule has 20 heavy (non-hydrogen) atoms. The maximum Gasteiger partial charge on any atom is 0.279 e. The van der Waals surface area contributed by atoms with Gasteiger partial charge >= 0.3 is 0 Å². The predicted molar refractivity (Wildman–Crippen MR) is 78.6 cm³/mol. The minimum Gasteiger partial charge on any atom is -0.396 e. The van der Waals surface area contributed by atoms with Crippen LogP contribution in [0.2, 0.25) is 0 Å². The molecule has 118 valence electrons. The zero-order chi connectivity index (χ0) is 14.8. The van der Waals surface area contributed by atoms with Gasteiger partial charge in [0.25, 0.3) is 10.2 Å². The van der Waals surface area contributed by atoms with Gasteiger partial charge in [-0.1, -0.05) is 6.42 Å². The second-order valence-corrected chi connectivity index (χ2v) is 7.90. The van der Waals surface area contributed by atoms with Gasteiger partial charge in [-0.15, -0.1) is 0 Å². The number of aliphatic hydroxyl groups is 1. The van der Waals surface area contributed by atoms with E-state index in [1.807, 2.05) is 0 Å². The van der Waals surface area contributed by atoms with E-state index in [1.54, 1.807) is 7.05 Å². The quantitative estimate of drug-likeness (QED) is 0.733. The molecule has 2 rings (SSSR count). The molecule has 2 fully saturated rings. The number of rotatable bonds is 6. The van der Waals surface area contributed by atoms with E-state index in [-0.39, 0.29) is 12.6 Å². The first-order chi connectivity index (χ1) is 9.44. The van der Waals surface area contributed by atoms with E-state index in [9.17, 15) is 8.42 Å². The molecular weight excluding hydrogens is 278 g/mol. The normalized spacial score (nSPS) is 31.7. The van der Waals surface area contributed by atoms with Gasteiger partial charge in [-0.25, -0.2) is 0 Å². The van der Waals surface area contributed by atoms with Crippen molar-refractivity contribution in [1.29, 1.82) is 0 Å². The van der Waals surface area contributed by atoms with E-state index in [1.165, 1.54) is 23.6 Å². The summed E-state index contributed by atoms with van der Waals surface area (Å²) in [5, 5.41) is 8.79. The summed E-state index contributed by atoms with van der Waals surface area (Å²) >= 11 is 0. The van der Waals surface area contributed by atoms with Gasteiger partial charge in [-0.2, -0.15) is 17.4 Å². The molecule has 2 atom stereocenters. The molecule has 2 N–H and O–H groups in total. The van der Waals surface area contributed by atoms with E-state index in [0.717, 1.165) is 12.8 Å². The highest BCUT2D eigenvalue weighted by Gasteiger charge is 2.37. The van der Waals surface area contributed by atoms with Crippen LogP contribution in [0.15, 0.2) is 0 Å². The monoisotopic (exact) mass is 305 g/mol. The zero-order valence-electron chi connectivity index (χ0n) is 12.5. The highest BCUT2D eigenvalue weighted by molar-refractivity contribution is 7.87. The zero-order valence-corrected chi connectivity index (χ0v) is 13.3. The number of fused-ring (bicyclic) bond motifs is 2. The van der Waals surface area contributed by atoms with Crippen LogP contribution in [-0.2, 0) is 10.2 Å². The summed E-state index contributed by atoms with van der Waals surface area (Å²) in [7, 11) is 0.296. The summed E-state index contributed by atoms with van der Waals surface area (Å²) in [5.41, 5.74) is 0. The fourth-order valence-electron chi connectivity index (χ4n) is 3.43. The number of piperidine rings is 2. The number of nitrogens with one attached hydrogen (secondary N) is 1. The lowest BCUT2D eigenvalue weighted by Gasteiger charge is -2.47. The molecule has 0 amide bonds. The Morgan fingerprint density at radius 1 is 1.30 bits per heavy atom. The van der Waals surface area contributed by atoms with Crippen molar-refractivity contribution in [3.8, 4) is 0 Å². The lowest BCUT2D eigenvalue weighted by molar-refractivity contribution is 0.0533. The van der Waals surface area contributed by atoms with Crippen molar-refractivity contribution in [2.75, 3.05) is 27.2 Å². The molecule has 0 radical (unpaired) electrons. The minimum absolute atomic E-state index is 0.0121. The Hall–Kier alpha value is -0.210. The molecule has 0 aromatic carbocycles. The van der Waals surface area contributed by atoms with Crippen LogP contribution in [0.3, 0.4) is 0 Å². The highest BCUT2D eigenvalue weighted by Crippen LogP contribution is 2.32. The van der Waals surface area contributed by atoms with Crippen LogP contribution in [0.4, 0.5) is 0 Å². The Morgan fingerprint density at radius 2 is 1.90 bits per heavy atom. The molecule has 2 heterocycles. The van der Waals surface area contributed by atoms with Crippen molar-refractivity contribution in [3.63, 3.8) is 0 Å². The summed E-state index contributed by atoms with van der Waals surface area (Å²) < 4.78 is 28.6. The van der Waals surface area contributed by atoms with Gasteiger partial charge in [0.1, 0.15) is 0 Å². The number of hydrogen-bond donors (Lipinski definition) is 2. The minimum atomic E-state index is -3.43. The van der Waals surface area contributed by atoms with Crippen molar-refractivity contribution in [2.45, 2.75) is 56.7 Å². The average molecular weight is 305 g/mol. The first-order valence-corrected chi connectivity index (χ1v) is 8.94. The summed E-state index contributed by atoms with van der Waals surface area (Å²) in [6, 6.07) is 1.07. The molecule has 7 heteroatoms. The molecule has 6 nitrogen and oxygen atoms in total. The van der Waals surface area contributed by atoms with Crippen LogP contribution >= 0.6 is 0 Å². The second-order valence-electron chi connectivity index (χ2n) is 6.09. The first-order valence-electron chi connectivity index (χ1n) is 7.50. The van der Waals surface area contributed by atoms with Crippen LogP contribution in [-0.4, -0.2) is 68.1 Å². The highest BCUT2D eigenvalue weighted by atomic mass is 32.2. The van der Waals surface area contributed by atoms with Gasteiger partial charge in [-0.05, 0) is 39.2 Å². The van der Waals surface area contributed by atoms with Crippen molar-refractivity contribution in [1.82, 2.24) is 13.9 Å². The smallest absolute Gasteiger partial charge is 0.279 e. The molecule has 0 aromatic heterocycles. The van der Waals surface area contributed by atoms with Crippen LogP contribution in [0.25, 0.3) is 0 Å². The van der Waals surface area contributed by atoms with Crippen LogP contribution in [0, 0.1) is 0 Å². The topological polar surface area (TPSA) is 72.9 Å². The van der Waals surface area contributed by atoms with Crippen molar-refractivity contribution >= 4 is 10.2 Å². The SMILES string of the molecule is CN1C2CCCC1CC(NS(=O)(=O)N(C)CCCO)C2. The standard InChI is InChI=1S/C13H27N3O3S/c1-15(7-4-8-17)20(18,19)14-11-9-12-5-3-6-13(10-11)16(12)2/h11-14,17H,3-10H2,1-2H3. The third kappa shape index (κ3) is 3.71. The summed E-state index contributed by atoms with van der Waals surface area (Å²) in [4.78, 5) is 2.42. The van der Waals surface area contributed by atoms with Gasteiger partial charge in [0.15, 0.2) is 0 Å². The van der Waals surface area contributed by atoms with Crippen LogP contribution in [0.5, 0.6) is 0 Å². The van der Waals surface area contributed by atoms with E-state index in [4.69, 9.17) is 5.11 Å². The molecule has 2 aliphatic rings.